The Bertz CT molecular complexity index is 962. The van der Waals surface area contributed by atoms with Gasteiger partial charge < -0.3 is 15.4 Å². The molecule has 3 rings (SSSR count). The van der Waals surface area contributed by atoms with Crippen LogP contribution in [0, 0.1) is 0 Å². The summed E-state index contributed by atoms with van der Waals surface area (Å²) in [5.41, 5.74) is 1.57. The van der Waals surface area contributed by atoms with Gasteiger partial charge in [-0.25, -0.2) is 4.98 Å². The Morgan fingerprint density at radius 3 is 2.41 bits per heavy atom. The molecule has 0 spiro atoms. The van der Waals surface area contributed by atoms with Crippen LogP contribution in [0.3, 0.4) is 0 Å². The topological polar surface area (TPSA) is 80.3 Å². The molecule has 2 amide bonds. The molecule has 0 saturated carbocycles. The van der Waals surface area contributed by atoms with Crippen LogP contribution in [-0.2, 0) is 9.59 Å². The summed E-state index contributed by atoms with van der Waals surface area (Å²) in [4.78, 5) is 28.9. The average molecular weight is 428 g/mol. The zero-order valence-electron chi connectivity index (χ0n) is 16.0. The quantitative estimate of drug-likeness (QED) is 0.530. The van der Waals surface area contributed by atoms with Crippen molar-refractivity contribution in [3.05, 3.63) is 60.7 Å². The van der Waals surface area contributed by atoms with Crippen molar-refractivity contribution in [2.45, 2.75) is 17.4 Å². The van der Waals surface area contributed by atoms with E-state index in [1.807, 2.05) is 48.5 Å². The first-order chi connectivity index (χ1) is 14.1. The molecule has 2 N–H and O–H groups in total. The molecule has 0 aliphatic rings. The number of thioether (sulfide) groups is 1. The zero-order valence-corrected chi connectivity index (χ0v) is 17.7. The largest absolute Gasteiger partial charge is 0.481 e. The molecule has 0 saturated heterocycles. The van der Waals surface area contributed by atoms with E-state index in [-0.39, 0.29) is 17.6 Å². The predicted molar refractivity (Wildman–Crippen MR) is 118 cm³/mol. The first-order valence-corrected chi connectivity index (χ1v) is 10.8. The molecule has 2 aromatic carbocycles. The molecule has 1 heterocycles. The van der Waals surface area contributed by atoms with E-state index in [1.54, 1.807) is 26.1 Å². The van der Waals surface area contributed by atoms with Gasteiger partial charge in [0.2, 0.25) is 5.91 Å². The van der Waals surface area contributed by atoms with Gasteiger partial charge in [0, 0.05) is 12.6 Å². The summed E-state index contributed by atoms with van der Waals surface area (Å²) in [5.74, 6) is 0.545. The summed E-state index contributed by atoms with van der Waals surface area (Å²) in [7, 11) is 1.60. The van der Waals surface area contributed by atoms with Gasteiger partial charge in [0.25, 0.3) is 5.91 Å². The number of para-hydroxylation sites is 1. The van der Waals surface area contributed by atoms with Crippen molar-refractivity contribution < 1.29 is 14.3 Å². The molecule has 0 bridgehead atoms. The highest BCUT2D eigenvalue weighted by Gasteiger charge is 2.20. The fourth-order valence-electron chi connectivity index (χ4n) is 2.41. The Morgan fingerprint density at radius 1 is 1.10 bits per heavy atom. The smallest absolute Gasteiger partial charge is 0.265 e. The number of rotatable bonds is 8. The molecule has 6 nitrogen and oxygen atoms in total. The van der Waals surface area contributed by atoms with Crippen LogP contribution < -0.4 is 15.4 Å². The SMILES string of the molecule is CNC(=O)CSc1nc(-c2ccccc2)c(NC(=O)[C@@H](C)Oc2ccccc2)s1. The predicted octanol–water partition coefficient (Wildman–Crippen LogP) is 4.05. The fourth-order valence-corrected chi connectivity index (χ4v) is 4.35. The van der Waals surface area contributed by atoms with Gasteiger partial charge in [0.05, 0.1) is 5.75 Å². The number of amides is 2. The molecule has 29 heavy (non-hydrogen) atoms. The molecule has 0 aliphatic carbocycles. The molecule has 1 atom stereocenters. The van der Waals surface area contributed by atoms with Crippen LogP contribution in [0.5, 0.6) is 5.75 Å². The number of aromatic nitrogens is 1. The lowest BCUT2D eigenvalue weighted by molar-refractivity contribution is -0.122. The lowest BCUT2D eigenvalue weighted by Gasteiger charge is -2.14. The maximum absolute atomic E-state index is 12.7. The molecular formula is C21H21N3O3S2. The molecule has 0 radical (unpaired) electrons. The number of nitrogens with zero attached hydrogens (tertiary/aromatic N) is 1. The van der Waals surface area contributed by atoms with Crippen LogP contribution in [-0.4, -0.2) is 35.7 Å². The Hall–Kier alpha value is -2.84. The van der Waals surface area contributed by atoms with Crippen LogP contribution in [0.2, 0.25) is 0 Å². The van der Waals surface area contributed by atoms with E-state index >= 15 is 0 Å². The van der Waals surface area contributed by atoms with Crippen LogP contribution >= 0.6 is 23.1 Å². The number of thiazole rings is 1. The average Bonchev–Trinajstić information content (AvgIpc) is 3.16. The van der Waals surface area contributed by atoms with Gasteiger partial charge in [-0.3, -0.25) is 9.59 Å². The van der Waals surface area contributed by atoms with Crippen molar-refractivity contribution in [2.24, 2.45) is 0 Å². The van der Waals surface area contributed by atoms with E-state index in [0.29, 0.717) is 20.8 Å². The van der Waals surface area contributed by atoms with E-state index in [4.69, 9.17) is 4.74 Å². The highest BCUT2D eigenvalue weighted by atomic mass is 32.2. The third kappa shape index (κ3) is 5.82. The molecule has 0 aliphatic heterocycles. The molecule has 8 heteroatoms. The van der Waals surface area contributed by atoms with E-state index in [9.17, 15) is 9.59 Å². The van der Waals surface area contributed by atoms with Gasteiger partial charge in [-0.2, -0.15) is 0 Å². The first-order valence-electron chi connectivity index (χ1n) is 8.99. The summed E-state index contributed by atoms with van der Waals surface area (Å²) in [6, 6.07) is 18.8. The number of anilines is 1. The highest BCUT2D eigenvalue weighted by molar-refractivity contribution is 8.01. The third-order valence-electron chi connectivity index (χ3n) is 3.92. The normalized spacial score (nSPS) is 11.5. The number of carbonyl (C=O) groups excluding carboxylic acids is 2. The van der Waals surface area contributed by atoms with Gasteiger partial charge in [-0.1, -0.05) is 71.6 Å². The summed E-state index contributed by atoms with van der Waals surface area (Å²) in [6.07, 6.45) is -0.676. The Labute approximate surface area is 177 Å². The molecule has 1 aromatic heterocycles. The van der Waals surface area contributed by atoms with E-state index in [2.05, 4.69) is 15.6 Å². The number of hydrogen-bond acceptors (Lipinski definition) is 6. The summed E-state index contributed by atoms with van der Waals surface area (Å²) in [5, 5.41) is 6.15. The second-order valence-electron chi connectivity index (χ2n) is 6.05. The second-order valence-corrected chi connectivity index (χ2v) is 8.27. The van der Waals surface area contributed by atoms with Gasteiger partial charge >= 0.3 is 0 Å². The Morgan fingerprint density at radius 2 is 1.76 bits per heavy atom. The van der Waals surface area contributed by atoms with Crippen molar-refractivity contribution in [1.29, 1.82) is 0 Å². The summed E-state index contributed by atoms with van der Waals surface area (Å²) >= 11 is 2.68. The minimum absolute atomic E-state index is 0.0815. The van der Waals surface area contributed by atoms with Crippen molar-refractivity contribution in [3.8, 4) is 17.0 Å². The van der Waals surface area contributed by atoms with Crippen molar-refractivity contribution in [2.75, 3.05) is 18.1 Å². The lowest BCUT2D eigenvalue weighted by atomic mass is 10.2. The van der Waals surface area contributed by atoms with Gasteiger partial charge in [-0.05, 0) is 19.1 Å². The Balaban J connectivity index is 1.78. The van der Waals surface area contributed by atoms with Crippen LogP contribution in [0.15, 0.2) is 65.0 Å². The van der Waals surface area contributed by atoms with Crippen LogP contribution in [0.4, 0.5) is 5.00 Å². The van der Waals surface area contributed by atoms with Crippen molar-refractivity contribution >= 4 is 39.9 Å². The van der Waals surface area contributed by atoms with E-state index < -0.39 is 6.10 Å². The summed E-state index contributed by atoms with van der Waals surface area (Å²) in [6.45, 7) is 1.70. The molecule has 3 aromatic rings. The van der Waals surface area contributed by atoms with Gasteiger partial charge in [-0.15, -0.1) is 0 Å². The highest BCUT2D eigenvalue weighted by Crippen LogP contribution is 2.37. The van der Waals surface area contributed by atoms with Gasteiger partial charge in [0.15, 0.2) is 10.4 Å². The second kappa shape index (κ2) is 10.1. The monoisotopic (exact) mass is 427 g/mol. The van der Waals surface area contributed by atoms with E-state index in [0.717, 1.165) is 5.56 Å². The number of carbonyl (C=O) groups is 2. The maximum atomic E-state index is 12.7. The maximum Gasteiger partial charge on any atom is 0.265 e. The molecule has 0 unspecified atom stereocenters. The van der Waals surface area contributed by atoms with E-state index in [1.165, 1.54) is 23.1 Å². The minimum Gasteiger partial charge on any atom is -0.481 e. The van der Waals surface area contributed by atoms with Crippen LogP contribution in [0.25, 0.3) is 11.3 Å². The fraction of sp³-hybridized carbons (Fsp3) is 0.190. The number of hydrogen-bond donors (Lipinski definition) is 2. The first kappa shape index (κ1) is 20.9. The molecule has 150 valence electrons. The molecular weight excluding hydrogens is 406 g/mol. The zero-order chi connectivity index (χ0) is 20.6. The minimum atomic E-state index is -0.676. The summed E-state index contributed by atoms with van der Waals surface area (Å²) < 4.78 is 6.42. The third-order valence-corrected chi connectivity index (χ3v) is 6.04. The van der Waals surface area contributed by atoms with Crippen molar-refractivity contribution in [1.82, 2.24) is 10.3 Å². The lowest BCUT2D eigenvalue weighted by Crippen LogP contribution is -2.30. The number of benzene rings is 2. The van der Waals surface area contributed by atoms with Crippen LogP contribution in [0.1, 0.15) is 6.92 Å². The Kier molecular flexibility index (Phi) is 7.26. The standard InChI is InChI=1S/C21H21N3O3S2/c1-14(27-16-11-7-4-8-12-16)19(26)24-20-18(15-9-5-3-6-10-15)23-21(29-20)28-13-17(25)22-2/h3-12,14H,13H2,1-2H3,(H,22,25)(H,24,26)/t14-/m1/s1. The molecule has 0 fully saturated rings. The van der Waals surface area contributed by atoms with Gasteiger partial charge in [0.1, 0.15) is 16.4 Å². The number of ether oxygens (including phenoxy) is 1. The number of nitrogens with one attached hydrogen (secondary N) is 2. The van der Waals surface area contributed by atoms with Crippen molar-refractivity contribution in [3.63, 3.8) is 0 Å².